The molecule has 0 bridgehead atoms. The summed E-state index contributed by atoms with van der Waals surface area (Å²) in [6.45, 7) is 0.330. The number of nitrogens with zero attached hydrogens (tertiary/aromatic N) is 2. The van der Waals surface area contributed by atoms with Crippen LogP contribution in [0.5, 0.6) is 0 Å². The van der Waals surface area contributed by atoms with Gasteiger partial charge in [0.05, 0.1) is 13.1 Å². The van der Waals surface area contributed by atoms with Crippen LogP contribution in [0.4, 0.5) is 9.18 Å². The molecule has 1 aliphatic rings. The van der Waals surface area contributed by atoms with Crippen LogP contribution in [0.2, 0.25) is 0 Å². The van der Waals surface area contributed by atoms with Crippen molar-refractivity contribution in [3.63, 3.8) is 0 Å². The normalized spacial score (nSPS) is 13.7. The number of carbonyl (C=O) groups excluding carboxylic acids is 3. The standard InChI is InChI=1S/C19H18FN3O3/c1-22(12-15-4-2-3-5-16(15)20)18(25)14-8-6-13(7-9-14)11-23-17(24)10-21-19(23)26/h2-9H,10-12H2,1H3,(H,21,26). The van der Waals surface area contributed by atoms with Gasteiger partial charge in [-0.25, -0.2) is 9.18 Å². The Bertz CT molecular complexity index is 835. The van der Waals surface area contributed by atoms with E-state index < -0.39 is 6.03 Å². The van der Waals surface area contributed by atoms with Crippen LogP contribution in [0.1, 0.15) is 21.5 Å². The van der Waals surface area contributed by atoms with E-state index in [9.17, 15) is 18.8 Å². The van der Waals surface area contributed by atoms with Gasteiger partial charge in [0.25, 0.3) is 5.91 Å². The molecule has 6 nitrogen and oxygen atoms in total. The number of rotatable bonds is 5. The fourth-order valence-electron chi connectivity index (χ4n) is 2.72. The first-order valence-corrected chi connectivity index (χ1v) is 8.11. The Kier molecular flexibility index (Phi) is 4.97. The maximum atomic E-state index is 13.7. The molecule has 2 aromatic carbocycles. The van der Waals surface area contributed by atoms with E-state index in [-0.39, 0.29) is 37.3 Å². The van der Waals surface area contributed by atoms with E-state index in [0.717, 1.165) is 10.5 Å². The Hall–Kier alpha value is -3.22. The summed E-state index contributed by atoms with van der Waals surface area (Å²) in [4.78, 5) is 38.2. The lowest BCUT2D eigenvalue weighted by Gasteiger charge is -2.18. The Morgan fingerprint density at radius 2 is 1.85 bits per heavy atom. The molecule has 3 rings (SSSR count). The summed E-state index contributed by atoms with van der Waals surface area (Å²) >= 11 is 0. The van der Waals surface area contributed by atoms with Crippen LogP contribution in [0.25, 0.3) is 0 Å². The molecule has 134 valence electrons. The van der Waals surface area contributed by atoms with Crippen molar-refractivity contribution in [1.82, 2.24) is 15.1 Å². The minimum atomic E-state index is -0.417. The SMILES string of the molecule is CN(Cc1ccccc1F)C(=O)c1ccc(CN2C(=O)CNC2=O)cc1. The molecule has 1 aliphatic heterocycles. The highest BCUT2D eigenvalue weighted by atomic mass is 19.1. The van der Waals surface area contributed by atoms with Crippen LogP contribution < -0.4 is 5.32 Å². The predicted octanol–water partition coefficient (Wildman–Crippen LogP) is 2.15. The molecule has 1 saturated heterocycles. The molecule has 1 fully saturated rings. The third-order valence-electron chi connectivity index (χ3n) is 4.19. The van der Waals surface area contributed by atoms with Crippen molar-refractivity contribution in [2.75, 3.05) is 13.6 Å². The molecule has 0 aliphatic carbocycles. The Morgan fingerprint density at radius 3 is 2.46 bits per heavy atom. The summed E-state index contributed by atoms with van der Waals surface area (Å²) in [5.41, 5.74) is 1.63. The highest BCUT2D eigenvalue weighted by molar-refractivity contribution is 6.01. The average molecular weight is 355 g/mol. The summed E-state index contributed by atoms with van der Waals surface area (Å²) in [6, 6.07) is 12.6. The Labute approximate surface area is 150 Å². The number of imide groups is 1. The zero-order valence-corrected chi connectivity index (χ0v) is 14.2. The predicted molar refractivity (Wildman–Crippen MR) is 92.6 cm³/mol. The maximum absolute atomic E-state index is 13.7. The minimum Gasteiger partial charge on any atom is -0.337 e. The molecule has 7 heteroatoms. The Balaban J connectivity index is 1.66. The first-order chi connectivity index (χ1) is 12.5. The maximum Gasteiger partial charge on any atom is 0.324 e. The van der Waals surface area contributed by atoms with Gasteiger partial charge in [-0.15, -0.1) is 0 Å². The number of hydrogen-bond acceptors (Lipinski definition) is 3. The largest absolute Gasteiger partial charge is 0.337 e. The summed E-state index contributed by atoms with van der Waals surface area (Å²) in [5, 5.41) is 2.46. The van der Waals surface area contributed by atoms with E-state index in [1.54, 1.807) is 49.5 Å². The van der Waals surface area contributed by atoms with Crippen LogP contribution in [0, 0.1) is 5.82 Å². The van der Waals surface area contributed by atoms with Gasteiger partial charge in [0.2, 0.25) is 5.91 Å². The number of amides is 4. The van der Waals surface area contributed by atoms with Gasteiger partial charge in [-0.05, 0) is 23.8 Å². The van der Waals surface area contributed by atoms with Gasteiger partial charge >= 0.3 is 6.03 Å². The highest BCUT2D eigenvalue weighted by Crippen LogP contribution is 2.14. The summed E-state index contributed by atoms with van der Waals surface area (Å²) in [6.07, 6.45) is 0. The molecular weight excluding hydrogens is 337 g/mol. The summed E-state index contributed by atoms with van der Waals surface area (Å²) in [7, 11) is 1.61. The molecule has 26 heavy (non-hydrogen) atoms. The Morgan fingerprint density at radius 1 is 1.15 bits per heavy atom. The summed E-state index contributed by atoms with van der Waals surface area (Å²) in [5.74, 6) is -0.870. The van der Waals surface area contributed by atoms with Crippen molar-refractivity contribution < 1.29 is 18.8 Å². The van der Waals surface area contributed by atoms with Crippen molar-refractivity contribution in [2.45, 2.75) is 13.1 Å². The second-order valence-corrected chi connectivity index (χ2v) is 6.09. The van der Waals surface area contributed by atoms with Crippen LogP contribution in [0.3, 0.4) is 0 Å². The van der Waals surface area contributed by atoms with Crippen LogP contribution in [-0.2, 0) is 17.9 Å². The van der Waals surface area contributed by atoms with E-state index in [4.69, 9.17) is 0 Å². The third kappa shape index (κ3) is 3.72. The van der Waals surface area contributed by atoms with Crippen molar-refractivity contribution in [2.24, 2.45) is 0 Å². The number of urea groups is 1. The molecule has 1 heterocycles. The van der Waals surface area contributed by atoms with Crippen LogP contribution >= 0.6 is 0 Å². The second kappa shape index (κ2) is 7.35. The molecular formula is C19H18FN3O3. The molecule has 0 aromatic heterocycles. The van der Waals surface area contributed by atoms with Crippen molar-refractivity contribution in [3.8, 4) is 0 Å². The molecule has 0 spiro atoms. The van der Waals surface area contributed by atoms with E-state index in [2.05, 4.69) is 5.32 Å². The summed E-state index contributed by atoms with van der Waals surface area (Å²) < 4.78 is 13.7. The number of benzene rings is 2. The van der Waals surface area contributed by atoms with Gasteiger partial charge < -0.3 is 10.2 Å². The highest BCUT2D eigenvalue weighted by Gasteiger charge is 2.28. The number of nitrogens with one attached hydrogen (secondary N) is 1. The first kappa shape index (κ1) is 17.6. The van der Waals surface area contributed by atoms with Gasteiger partial charge in [-0.1, -0.05) is 30.3 Å². The molecule has 2 aromatic rings. The fourth-order valence-corrected chi connectivity index (χ4v) is 2.72. The van der Waals surface area contributed by atoms with Crippen molar-refractivity contribution in [3.05, 3.63) is 71.0 Å². The molecule has 0 radical (unpaired) electrons. The lowest BCUT2D eigenvalue weighted by atomic mass is 10.1. The monoisotopic (exact) mass is 355 g/mol. The van der Waals surface area contributed by atoms with Gasteiger partial charge in [0.15, 0.2) is 0 Å². The lowest BCUT2D eigenvalue weighted by molar-refractivity contribution is -0.125. The molecule has 0 saturated carbocycles. The number of hydrogen-bond donors (Lipinski definition) is 1. The topological polar surface area (TPSA) is 69.7 Å². The lowest BCUT2D eigenvalue weighted by Crippen LogP contribution is -2.30. The average Bonchev–Trinajstić information content (AvgIpc) is 2.95. The fraction of sp³-hybridized carbons (Fsp3) is 0.211. The van der Waals surface area contributed by atoms with Gasteiger partial charge in [-0.3, -0.25) is 14.5 Å². The van der Waals surface area contributed by atoms with Crippen LogP contribution in [-0.4, -0.2) is 41.2 Å². The third-order valence-corrected chi connectivity index (χ3v) is 4.19. The van der Waals surface area contributed by atoms with Gasteiger partial charge in [0.1, 0.15) is 5.82 Å². The molecule has 1 N–H and O–H groups in total. The van der Waals surface area contributed by atoms with Crippen LogP contribution in [0.15, 0.2) is 48.5 Å². The molecule has 4 amide bonds. The van der Waals surface area contributed by atoms with Gasteiger partial charge in [0, 0.05) is 24.7 Å². The zero-order chi connectivity index (χ0) is 18.7. The van der Waals surface area contributed by atoms with E-state index in [1.807, 2.05) is 0 Å². The van der Waals surface area contributed by atoms with Gasteiger partial charge in [-0.2, -0.15) is 0 Å². The first-order valence-electron chi connectivity index (χ1n) is 8.11. The molecule has 0 atom stereocenters. The van der Waals surface area contributed by atoms with Crippen molar-refractivity contribution >= 4 is 17.8 Å². The quantitative estimate of drug-likeness (QED) is 0.836. The van der Waals surface area contributed by atoms with E-state index >= 15 is 0 Å². The van der Waals surface area contributed by atoms with E-state index in [1.165, 1.54) is 11.0 Å². The van der Waals surface area contributed by atoms with E-state index in [0.29, 0.717) is 11.1 Å². The second-order valence-electron chi connectivity index (χ2n) is 6.09. The molecule has 0 unspecified atom stereocenters. The van der Waals surface area contributed by atoms with Crippen molar-refractivity contribution in [1.29, 1.82) is 0 Å². The minimum absolute atomic E-state index is 0.0102. The smallest absolute Gasteiger partial charge is 0.324 e. The number of carbonyl (C=O) groups is 3. The number of halogens is 1. The zero-order valence-electron chi connectivity index (χ0n) is 14.2.